The smallest absolute Gasteiger partial charge is 0.230 e. The standard InChI is InChI=1S/C17H22N2O2S/c1-12-6-4-5-7-15(12)8-13(2)18-17(20)11-22-10-16-9-14(3)19-21-16/h4-7,9,13H,8,10-11H2,1-3H3,(H,18,20)/t13-/m1/s1. The number of benzene rings is 1. The quantitative estimate of drug-likeness (QED) is 0.851. The molecule has 0 aliphatic heterocycles. The van der Waals surface area contributed by atoms with E-state index in [1.165, 1.54) is 22.9 Å². The minimum atomic E-state index is 0.0577. The van der Waals surface area contributed by atoms with Crippen LogP contribution in [0.2, 0.25) is 0 Å². The molecule has 118 valence electrons. The van der Waals surface area contributed by atoms with Crippen LogP contribution in [0.4, 0.5) is 0 Å². The summed E-state index contributed by atoms with van der Waals surface area (Å²) in [5.41, 5.74) is 3.41. The SMILES string of the molecule is Cc1cc(CSCC(=O)N[C@H](C)Cc2ccccc2C)on1. The van der Waals surface area contributed by atoms with Gasteiger partial charge in [0.1, 0.15) is 5.76 Å². The lowest BCUT2D eigenvalue weighted by Crippen LogP contribution is -2.35. The van der Waals surface area contributed by atoms with Gasteiger partial charge in [-0.15, -0.1) is 11.8 Å². The van der Waals surface area contributed by atoms with Gasteiger partial charge >= 0.3 is 0 Å². The highest BCUT2D eigenvalue weighted by atomic mass is 32.2. The van der Waals surface area contributed by atoms with Crippen LogP contribution < -0.4 is 5.32 Å². The Hall–Kier alpha value is -1.75. The maximum Gasteiger partial charge on any atom is 0.230 e. The first kappa shape index (κ1) is 16.6. The predicted octanol–water partition coefficient (Wildman–Crippen LogP) is 3.27. The van der Waals surface area contributed by atoms with Gasteiger partial charge in [0.2, 0.25) is 5.91 Å². The molecular formula is C17H22N2O2S. The first-order valence-electron chi connectivity index (χ1n) is 7.38. The molecule has 22 heavy (non-hydrogen) atoms. The second kappa shape index (κ2) is 8.03. The molecule has 0 fully saturated rings. The number of hydrogen-bond acceptors (Lipinski definition) is 4. The average molecular weight is 318 g/mol. The summed E-state index contributed by atoms with van der Waals surface area (Å²) >= 11 is 1.53. The molecule has 0 bridgehead atoms. The molecule has 2 rings (SSSR count). The zero-order valence-corrected chi connectivity index (χ0v) is 14.1. The molecule has 1 atom stereocenters. The number of rotatable bonds is 7. The summed E-state index contributed by atoms with van der Waals surface area (Å²) in [5, 5.41) is 6.87. The van der Waals surface area contributed by atoms with E-state index >= 15 is 0 Å². The Labute approximate surface area is 135 Å². The van der Waals surface area contributed by atoms with Crippen molar-refractivity contribution in [2.75, 3.05) is 5.75 Å². The molecule has 1 aromatic carbocycles. The highest BCUT2D eigenvalue weighted by Gasteiger charge is 2.10. The van der Waals surface area contributed by atoms with E-state index in [4.69, 9.17) is 4.52 Å². The number of amides is 1. The fourth-order valence-corrected chi connectivity index (χ4v) is 2.97. The molecule has 2 aromatic rings. The molecule has 0 spiro atoms. The third kappa shape index (κ3) is 5.22. The third-order valence-electron chi connectivity index (χ3n) is 3.35. The third-order valence-corrected chi connectivity index (χ3v) is 4.30. The van der Waals surface area contributed by atoms with Crippen LogP contribution in [0.5, 0.6) is 0 Å². The first-order valence-corrected chi connectivity index (χ1v) is 8.54. The van der Waals surface area contributed by atoms with Crippen molar-refractivity contribution in [3.8, 4) is 0 Å². The van der Waals surface area contributed by atoms with Gasteiger partial charge in [-0.25, -0.2) is 0 Å². The van der Waals surface area contributed by atoms with Crippen molar-refractivity contribution in [3.05, 3.63) is 52.9 Å². The Morgan fingerprint density at radius 2 is 2.14 bits per heavy atom. The molecule has 5 heteroatoms. The number of nitrogens with one attached hydrogen (secondary N) is 1. The summed E-state index contributed by atoms with van der Waals surface area (Å²) in [6.07, 6.45) is 0.852. The van der Waals surface area contributed by atoms with Gasteiger partial charge in [0.05, 0.1) is 17.2 Å². The Kier molecular flexibility index (Phi) is 6.07. The first-order chi connectivity index (χ1) is 10.5. The summed E-state index contributed by atoms with van der Waals surface area (Å²) in [4.78, 5) is 11.9. The monoisotopic (exact) mass is 318 g/mol. The zero-order chi connectivity index (χ0) is 15.9. The van der Waals surface area contributed by atoms with E-state index in [2.05, 4.69) is 29.5 Å². The van der Waals surface area contributed by atoms with E-state index in [-0.39, 0.29) is 11.9 Å². The lowest BCUT2D eigenvalue weighted by atomic mass is 10.0. The molecule has 0 unspecified atom stereocenters. The molecule has 0 aliphatic carbocycles. The second-order valence-corrected chi connectivity index (χ2v) is 6.51. The van der Waals surface area contributed by atoms with Gasteiger partial charge in [0.15, 0.2) is 0 Å². The summed E-state index contributed by atoms with van der Waals surface area (Å²) in [6, 6.07) is 10.3. The van der Waals surface area contributed by atoms with Crippen LogP contribution in [0.1, 0.15) is 29.5 Å². The predicted molar refractivity (Wildman–Crippen MR) is 89.9 cm³/mol. The molecule has 0 saturated heterocycles. The molecule has 1 N–H and O–H groups in total. The number of thioether (sulfide) groups is 1. The van der Waals surface area contributed by atoms with Crippen molar-refractivity contribution < 1.29 is 9.32 Å². The summed E-state index contributed by atoms with van der Waals surface area (Å²) in [6.45, 7) is 6.02. The van der Waals surface area contributed by atoms with Crippen LogP contribution >= 0.6 is 11.8 Å². The van der Waals surface area contributed by atoms with Gasteiger partial charge in [-0.2, -0.15) is 0 Å². The van der Waals surface area contributed by atoms with Crippen molar-refractivity contribution >= 4 is 17.7 Å². The van der Waals surface area contributed by atoms with Gasteiger partial charge in [-0.1, -0.05) is 29.4 Å². The van der Waals surface area contributed by atoms with Gasteiger partial charge in [0.25, 0.3) is 0 Å². The molecule has 1 aromatic heterocycles. The van der Waals surface area contributed by atoms with Crippen LogP contribution in [0.3, 0.4) is 0 Å². The molecular weight excluding hydrogens is 296 g/mol. The Bertz CT molecular complexity index is 625. The fourth-order valence-electron chi connectivity index (χ4n) is 2.27. The Morgan fingerprint density at radius 1 is 1.36 bits per heavy atom. The average Bonchev–Trinajstić information content (AvgIpc) is 2.87. The topological polar surface area (TPSA) is 55.1 Å². The number of aryl methyl sites for hydroxylation is 2. The molecule has 0 aliphatic rings. The van der Waals surface area contributed by atoms with E-state index in [1.807, 2.05) is 32.0 Å². The summed E-state index contributed by atoms with van der Waals surface area (Å²) in [5.74, 6) is 1.96. The lowest BCUT2D eigenvalue weighted by molar-refractivity contribution is -0.119. The van der Waals surface area contributed by atoms with Crippen molar-refractivity contribution in [1.29, 1.82) is 0 Å². The van der Waals surface area contributed by atoms with Crippen molar-refractivity contribution in [1.82, 2.24) is 10.5 Å². The Morgan fingerprint density at radius 3 is 2.82 bits per heavy atom. The maximum atomic E-state index is 11.9. The molecule has 0 saturated carbocycles. The number of carbonyl (C=O) groups is 1. The van der Waals surface area contributed by atoms with E-state index in [0.29, 0.717) is 11.5 Å². The minimum absolute atomic E-state index is 0.0577. The van der Waals surface area contributed by atoms with Gasteiger partial charge in [-0.05, 0) is 38.3 Å². The van der Waals surface area contributed by atoms with Crippen molar-refractivity contribution in [2.24, 2.45) is 0 Å². The molecule has 1 amide bonds. The number of hydrogen-bond donors (Lipinski definition) is 1. The van der Waals surface area contributed by atoms with Crippen LogP contribution in [0.15, 0.2) is 34.9 Å². The van der Waals surface area contributed by atoms with Crippen LogP contribution in [0, 0.1) is 13.8 Å². The fraction of sp³-hybridized carbons (Fsp3) is 0.412. The number of nitrogens with zero attached hydrogens (tertiary/aromatic N) is 1. The number of carbonyl (C=O) groups excluding carboxylic acids is 1. The number of aromatic nitrogens is 1. The molecule has 4 nitrogen and oxygen atoms in total. The highest BCUT2D eigenvalue weighted by Crippen LogP contribution is 2.13. The maximum absolute atomic E-state index is 11.9. The summed E-state index contributed by atoms with van der Waals surface area (Å²) < 4.78 is 5.12. The van der Waals surface area contributed by atoms with Crippen molar-refractivity contribution in [2.45, 2.75) is 39.0 Å². The lowest BCUT2D eigenvalue weighted by Gasteiger charge is -2.15. The van der Waals surface area contributed by atoms with Crippen LogP contribution in [-0.4, -0.2) is 22.9 Å². The van der Waals surface area contributed by atoms with Crippen LogP contribution in [-0.2, 0) is 17.0 Å². The largest absolute Gasteiger partial charge is 0.360 e. The van der Waals surface area contributed by atoms with E-state index in [0.717, 1.165) is 17.9 Å². The van der Waals surface area contributed by atoms with Gasteiger partial charge in [-0.3, -0.25) is 4.79 Å². The highest BCUT2D eigenvalue weighted by molar-refractivity contribution is 7.99. The zero-order valence-electron chi connectivity index (χ0n) is 13.3. The van der Waals surface area contributed by atoms with E-state index in [9.17, 15) is 4.79 Å². The summed E-state index contributed by atoms with van der Waals surface area (Å²) in [7, 11) is 0. The van der Waals surface area contributed by atoms with E-state index in [1.54, 1.807) is 0 Å². The van der Waals surface area contributed by atoms with E-state index < -0.39 is 0 Å². The minimum Gasteiger partial charge on any atom is -0.360 e. The molecule has 0 radical (unpaired) electrons. The van der Waals surface area contributed by atoms with Crippen molar-refractivity contribution in [3.63, 3.8) is 0 Å². The molecule has 1 heterocycles. The van der Waals surface area contributed by atoms with Gasteiger partial charge < -0.3 is 9.84 Å². The Balaban J connectivity index is 1.71. The van der Waals surface area contributed by atoms with Gasteiger partial charge in [0, 0.05) is 12.1 Å². The normalized spacial score (nSPS) is 12.1. The van der Waals surface area contributed by atoms with Crippen LogP contribution in [0.25, 0.3) is 0 Å². The second-order valence-electron chi connectivity index (χ2n) is 5.53.